The van der Waals surface area contributed by atoms with Crippen LogP contribution in [0.15, 0.2) is 9.63 Å². The monoisotopic (exact) mass is 305 g/mol. The van der Waals surface area contributed by atoms with Gasteiger partial charge in [-0.3, -0.25) is 0 Å². The predicted octanol–water partition coefficient (Wildman–Crippen LogP) is 3.38. The third kappa shape index (κ3) is 1.93. The molecule has 0 aromatic heterocycles. The third-order valence-corrected chi connectivity index (χ3v) is 2.46. The van der Waals surface area contributed by atoms with Gasteiger partial charge in [-0.25, -0.2) is 17.6 Å². The van der Waals surface area contributed by atoms with Crippen molar-refractivity contribution in [1.29, 1.82) is 0 Å². The van der Waals surface area contributed by atoms with E-state index in [1.54, 1.807) is 0 Å². The van der Waals surface area contributed by atoms with Crippen molar-refractivity contribution < 1.29 is 22.8 Å². The van der Waals surface area contributed by atoms with Gasteiger partial charge < -0.3 is 5.21 Å². The van der Waals surface area contributed by atoms with Crippen LogP contribution in [0.5, 0.6) is 0 Å². The van der Waals surface area contributed by atoms with Crippen molar-refractivity contribution in [2.24, 2.45) is 5.16 Å². The minimum absolute atomic E-state index is 0.997. The first-order chi connectivity index (χ1) is 6.91. The average molecular weight is 306 g/mol. The first-order valence-corrected chi connectivity index (χ1v) is 4.48. The van der Waals surface area contributed by atoms with E-state index in [-0.39, 0.29) is 0 Å². The van der Waals surface area contributed by atoms with Crippen LogP contribution in [0, 0.1) is 23.3 Å². The van der Waals surface area contributed by atoms with Gasteiger partial charge in [-0.15, -0.1) is 0 Å². The van der Waals surface area contributed by atoms with E-state index in [4.69, 9.17) is 16.8 Å². The van der Waals surface area contributed by atoms with Gasteiger partial charge in [-0.1, -0.05) is 16.8 Å². The fraction of sp³-hybridized carbons (Fsp3) is 0. The molecule has 0 saturated heterocycles. The van der Waals surface area contributed by atoms with Crippen molar-refractivity contribution in [3.05, 3.63) is 33.3 Å². The van der Waals surface area contributed by atoms with E-state index >= 15 is 0 Å². The lowest BCUT2D eigenvalue weighted by molar-refractivity contribution is 0.320. The smallest absolute Gasteiger partial charge is 0.181 e. The highest BCUT2D eigenvalue weighted by Gasteiger charge is 2.26. The van der Waals surface area contributed by atoms with Crippen LogP contribution < -0.4 is 0 Å². The molecule has 1 rings (SSSR count). The van der Waals surface area contributed by atoms with Gasteiger partial charge >= 0.3 is 0 Å². The summed E-state index contributed by atoms with van der Waals surface area (Å²) in [5.41, 5.74) is -1.27. The van der Waals surface area contributed by atoms with E-state index < -0.39 is 38.5 Å². The first-order valence-electron chi connectivity index (χ1n) is 3.31. The predicted molar refractivity (Wildman–Crippen MR) is 48.2 cm³/mol. The number of benzene rings is 1. The third-order valence-electron chi connectivity index (χ3n) is 1.50. The molecule has 0 atom stereocenters. The van der Waals surface area contributed by atoms with Crippen LogP contribution in [0.2, 0.25) is 0 Å². The molecule has 0 amide bonds. The molecule has 1 aromatic rings. The standard InChI is InChI=1S/C7HBrClF4NO/c8-2-5(12)3(10)1(7(9)14-15)4(11)6(2)13/h15H. The van der Waals surface area contributed by atoms with Gasteiger partial charge in [0.25, 0.3) is 0 Å². The Bertz CT molecular complexity index is 422. The summed E-state index contributed by atoms with van der Waals surface area (Å²) in [5, 5.41) is 9.31. The molecule has 82 valence electrons. The van der Waals surface area contributed by atoms with Crippen LogP contribution in [0.3, 0.4) is 0 Å². The van der Waals surface area contributed by atoms with E-state index in [0.717, 1.165) is 0 Å². The Morgan fingerprint density at radius 1 is 1.07 bits per heavy atom. The lowest BCUT2D eigenvalue weighted by Gasteiger charge is -2.05. The van der Waals surface area contributed by atoms with E-state index in [1.165, 1.54) is 0 Å². The second kappa shape index (κ2) is 4.36. The summed E-state index contributed by atoms with van der Waals surface area (Å²) < 4.78 is 50.9. The van der Waals surface area contributed by atoms with Crippen molar-refractivity contribution in [3.63, 3.8) is 0 Å². The van der Waals surface area contributed by atoms with Crippen LogP contribution in [-0.4, -0.2) is 10.4 Å². The molecule has 1 N–H and O–H groups in total. The van der Waals surface area contributed by atoms with Gasteiger partial charge in [0, 0.05) is 0 Å². The summed E-state index contributed by atoms with van der Waals surface area (Å²) in [5.74, 6) is -6.82. The fourth-order valence-electron chi connectivity index (χ4n) is 0.836. The highest BCUT2D eigenvalue weighted by molar-refractivity contribution is 9.10. The highest BCUT2D eigenvalue weighted by Crippen LogP contribution is 2.29. The van der Waals surface area contributed by atoms with Crippen molar-refractivity contribution in [3.8, 4) is 0 Å². The number of halogens is 6. The quantitative estimate of drug-likeness (QED) is 0.212. The maximum atomic E-state index is 13.1. The summed E-state index contributed by atoms with van der Waals surface area (Å²) in [4.78, 5) is 0. The normalized spacial score (nSPS) is 12.0. The zero-order valence-corrected chi connectivity index (χ0v) is 9.00. The van der Waals surface area contributed by atoms with Crippen LogP contribution in [-0.2, 0) is 0 Å². The van der Waals surface area contributed by atoms with Crippen molar-refractivity contribution in [2.75, 3.05) is 0 Å². The molecule has 0 heterocycles. The molecule has 0 aliphatic rings. The highest BCUT2D eigenvalue weighted by atomic mass is 79.9. The van der Waals surface area contributed by atoms with Crippen LogP contribution in [0.1, 0.15) is 5.56 Å². The average Bonchev–Trinajstić information content (AvgIpc) is 2.23. The summed E-state index contributed by atoms with van der Waals surface area (Å²) in [6, 6.07) is 0. The summed E-state index contributed by atoms with van der Waals surface area (Å²) >= 11 is 7.38. The minimum atomic E-state index is -1.75. The Morgan fingerprint density at radius 3 is 1.80 bits per heavy atom. The first kappa shape index (κ1) is 12.3. The van der Waals surface area contributed by atoms with Crippen molar-refractivity contribution in [1.82, 2.24) is 0 Å². The van der Waals surface area contributed by atoms with E-state index in [1.807, 2.05) is 0 Å². The van der Waals surface area contributed by atoms with E-state index in [0.29, 0.717) is 0 Å². The molecule has 0 saturated carbocycles. The summed E-state index contributed by atoms with van der Waals surface area (Å²) in [7, 11) is 0. The SMILES string of the molecule is ON=C(Cl)c1c(F)c(F)c(Br)c(F)c1F. The maximum absolute atomic E-state index is 13.1. The summed E-state index contributed by atoms with van der Waals surface area (Å²) in [6.45, 7) is 0. The molecular formula is C7HBrClF4NO. The zero-order valence-electron chi connectivity index (χ0n) is 6.66. The largest absolute Gasteiger partial charge is 0.410 e. The molecule has 0 radical (unpaired) electrons. The number of hydrogen-bond donors (Lipinski definition) is 1. The van der Waals surface area contributed by atoms with Gasteiger partial charge in [0.15, 0.2) is 28.4 Å². The van der Waals surface area contributed by atoms with E-state index in [9.17, 15) is 17.6 Å². The molecule has 15 heavy (non-hydrogen) atoms. The number of rotatable bonds is 1. The lowest BCUT2D eigenvalue weighted by atomic mass is 10.2. The maximum Gasteiger partial charge on any atom is 0.181 e. The molecule has 8 heteroatoms. The topological polar surface area (TPSA) is 32.6 Å². The Hall–Kier alpha value is -0.820. The molecule has 0 aliphatic carbocycles. The molecule has 0 unspecified atom stereocenters. The summed E-state index contributed by atoms with van der Waals surface area (Å²) in [6.07, 6.45) is 0. The molecule has 0 aliphatic heterocycles. The zero-order chi connectivity index (χ0) is 11.7. The van der Waals surface area contributed by atoms with Gasteiger partial charge in [-0.2, -0.15) is 0 Å². The van der Waals surface area contributed by atoms with Gasteiger partial charge in [0.05, 0.1) is 10.0 Å². The van der Waals surface area contributed by atoms with Crippen LogP contribution >= 0.6 is 27.5 Å². The van der Waals surface area contributed by atoms with Crippen LogP contribution in [0.25, 0.3) is 0 Å². The molecule has 0 spiro atoms. The molecular weight excluding hydrogens is 305 g/mol. The molecule has 0 bridgehead atoms. The van der Waals surface area contributed by atoms with Gasteiger partial charge in [-0.05, 0) is 15.9 Å². The van der Waals surface area contributed by atoms with E-state index in [2.05, 4.69) is 21.1 Å². The Balaban J connectivity index is 3.67. The Labute approximate surface area is 94.3 Å². The lowest BCUT2D eigenvalue weighted by Crippen LogP contribution is -2.07. The van der Waals surface area contributed by atoms with Gasteiger partial charge in [0.1, 0.15) is 0 Å². The minimum Gasteiger partial charge on any atom is -0.410 e. The van der Waals surface area contributed by atoms with Crippen LogP contribution in [0.4, 0.5) is 17.6 Å². The van der Waals surface area contributed by atoms with Crippen molar-refractivity contribution in [2.45, 2.75) is 0 Å². The van der Waals surface area contributed by atoms with Crippen molar-refractivity contribution >= 4 is 32.7 Å². The molecule has 1 aromatic carbocycles. The number of nitrogens with zero attached hydrogens (tertiary/aromatic N) is 1. The van der Waals surface area contributed by atoms with Gasteiger partial charge in [0.2, 0.25) is 0 Å². The Kier molecular flexibility index (Phi) is 3.56. The molecule has 0 fully saturated rings. The molecule has 2 nitrogen and oxygen atoms in total. The fourth-order valence-corrected chi connectivity index (χ4v) is 1.35. The number of hydrogen-bond acceptors (Lipinski definition) is 2. The Morgan fingerprint density at radius 2 is 1.47 bits per heavy atom. The number of oxime groups is 1. The second-order valence-corrected chi connectivity index (χ2v) is 3.49. The second-order valence-electron chi connectivity index (χ2n) is 2.34.